The molecule has 0 saturated carbocycles. The summed E-state index contributed by atoms with van der Waals surface area (Å²) in [5.41, 5.74) is 9.73. The molecule has 2 atom stereocenters. The van der Waals surface area contributed by atoms with Crippen molar-refractivity contribution in [3.63, 3.8) is 0 Å². The quantitative estimate of drug-likeness (QED) is 0.128. The van der Waals surface area contributed by atoms with Crippen molar-refractivity contribution in [1.29, 1.82) is 0 Å². The van der Waals surface area contributed by atoms with Gasteiger partial charge in [-0.1, -0.05) is 56.0 Å². The van der Waals surface area contributed by atoms with Crippen LogP contribution in [-0.4, -0.2) is 41.8 Å². The second-order valence-corrected chi connectivity index (χ2v) is 11.2. The van der Waals surface area contributed by atoms with Gasteiger partial charge in [0.15, 0.2) is 17.7 Å². The van der Waals surface area contributed by atoms with Gasteiger partial charge in [0, 0.05) is 50.4 Å². The minimum Gasteiger partial charge on any atom is -0.619 e. The van der Waals surface area contributed by atoms with Gasteiger partial charge >= 0.3 is 5.97 Å². The van der Waals surface area contributed by atoms with Crippen molar-refractivity contribution in [3.8, 4) is 0 Å². The molecule has 8 heteroatoms. The zero-order chi connectivity index (χ0) is 29.6. The van der Waals surface area contributed by atoms with E-state index < -0.39 is 12.0 Å². The third kappa shape index (κ3) is 9.95. The molecule has 1 aliphatic heterocycles. The highest BCUT2D eigenvalue weighted by Gasteiger charge is 2.37. The van der Waals surface area contributed by atoms with E-state index in [-0.39, 0.29) is 24.1 Å². The summed E-state index contributed by atoms with van der Waals surface area (Å²) >= 11 is 0. The first-order valence-corrected chi connectivity index (χ1v) is 15.3. The molecule has 3 rings (SSSR count). The Kier molecular flexibility index (Phi) is 13.3. The Morgan fingerprint density at radius 3 is 2.66 bits per heavy atom. The number of ether oxygens (including phenoxy) is 1. The predicted octanol–water partition coefficient (Wildman–Crippen LogP) is 4.73. The molecule has 0 bridgehead atoms. The number of benzene rings is 1. The first-order chi connectivity index (χ1) is 19.8. The van der Waals surface area contributed by atoms with Crippen LogP contribution in [0.2, 0.25) is 0 Å². The molecular formula is C33H47N3O5. The summed E-state index contributed by atoms with van der Waals surface area (Å²) in [6, 6.07) is 10.9. The van der Waals surface area contributed by atoms with Crippen LogP contribution in [0.5, 0.6) is 0 Å². The standard InChI is InChI=1S/C33H47N3O5/c1-3-4-5-8-22-41-32(38)19-16-26(14-17-29-10-6-7-21-36(29)40)33(39)35-20-9-11-30(35)31(37)18-15-27-23-25(2)12-13-28(27)24-34/h6-7,10,12-13,21,23,26,30H,3-5,8-9,11,14-20,22,24,34H2,1-2H3/t26-,30-/m0/s1. The van der Waals surface area contributed by atoms with E-state index in [4.69, 9.17) is 10.5 Å². The van der Waals surface area contributed by atoms with Crippen molar-refractivity contribution >= 4 is 17.7 Å². The van der Waals surface area contributed by atoms with Gasteiger partial charge < -0.3 is 20.6 Å². The Morgan fingerprint density at radius 2 is 1.90 bits per heavy atom. The minimum absolute atomic E-state index is 0.0611. The van der Waals surface area contributed by atoms with Crippen LogP contribution >= 0.6 is 0 Å². The smallest absolute Gasteiger partial charge is 0.305 e. The number of rotatable bonds is 17. The molecule has 1 aromatic heterocycles. The fourth-order valence-corrected chi connectivity index (χ4v) is 5.66. The normalized spacial score (nSPS) is 15.6. The summed E-state index contributed by atoms with van der Waals surface area (Å²) in [4.78, 5) is 41.4. The topological polar surface area (TPSA) is 117 Å². The van der Waals surface area contributed by atoms with Crippen LogP contribution in [0.25, 0.3) is 0 Å². The number of esters is 1. The van der Waals surface area contributed by atoms with Gasteiger partial charge in [0.2, 0.25) is 5.91 Å². The molecule has 8 nitrogen and oxygen atoms in total. The van der Waals surface area contributed by atoms with Crippen molar-refractivity contribution in [1.82, 2.24) is 4.90 Å². The maximum Gasteiger partial charge on any atom is 0.305 e. The average molecular weight is 566 g/mol. The molecule has 41 heavy (non-hydrogen) atoms. The number of carbonyl (C=O) groups excluding carboxylic acids is 3. The first-order valence-electron chi connectivity index (χ1n) is 15.3. The van der Waals surface area contributed by atoms with Crippen LogP contribution < -0.4 is 10.5 Å². The van der Waals surface area contributed by atoms with Crippen molar-refractivity contribution < 1.29 is 23.9 Å². The van der Waals surface area contributed by atoms with E-state index in [9.17, 15) is 19.6 Å². The molecular weight excluding hydrogens is 518 g/mol. The van der Waals surface area contributed by atoms with Crippen molar-refractivity contribution in [3.05, 3.63) is 70.2 Å². The second kappa shape index (κ2) is 16.9. The fourth-order valence-electron chi connectivity index (χ4n) is 5.66. The molecule has 2 N–H and O–H groups in total. The predicted molar refractivity (Wildman–Crippen MR) is 159 cm³/mol. The Labute approximate surface area is 244 Å². The van der Waals surface area contributed by atoms with E-state index in [0.717, 1.165) is 53.5 Å². The van der Waals surface area contributed by atoms with Gasteiger partial charge in [-0.25, -0.2) is 0 Å². The molecule has 0 aliphatic carbocycles. The monoisotopic (exact) mass is 565 g/mol. The van der Waals surface area contributed by atoms with Crippen LogP contribution in [0.4, 0.5) is 0 Å². The number of ketones is 1. The van der Waals surface area contributed by atoms with E-state index in [1.54, 1.807) is 23.1 Å². The summed E-state index contributed by atoms with van der Waals surface area (Å²) in [5, 5.41) is 12.2. The zero-order valence-corrected chi connectivity index (χ0v) is 24.8. The molecule has 2 heterocycles. The Balaban J connectivity index is 1.64. The minimum atomic E-state index is -0.475. The van der Waals surface area contributed by atoms with E-state index in [1.165, 1.54) is 6.20 Å². The van der Waals surface area contributed by atoms with Crippen LogP contribution in [0.1, 0.15) is 93.5 Å². The number of hydrogen-bond acceptors (Lipinski definition) is 6. The molecule has 1 fully saturated rings. The van der Waals surface area contributed by atoms with Crippen LogP contribution in [0.15, 0.2) is 42.6 Å². The summed E-state index contributed by atoms with van der Waals surface area (Å²) in [6.07, 6.45) is 9.20. The maximum absolute atomic E-state index is 13.9. The number of amides is 1. The molecule has 0 unspecified atom stereocenters. The van der Waals surface area contributed by atoms with Crippen LogP contribution in [-0.2, 0) is 38.5 Å². The Morgan fingerprint density at radius 1 is 1.07 bits per heavy atom. The Bertz CT molecular complexity index is 1150. The highest BCUT2D eigenvalue weighted by Crippen LogP contribution is 2.26. The molecule has 224 valence electrons. The summed E-state index contributed by atoms with van der Waals surface area (Å²) < 4.78 is 6.22. The number of aryl methyl sites for hydroxylation is 3. The molecule has 1 aliphatic rings. The lowest BCUT2D eigenvalue weighted by Crippen LogP contribution is -2.44. The molecule has 1 aromatic carbocycles. The zero-order valence-electron chi connectivity index (χ0n) is 24.8. The van der Waals surface area contributed by atoms with E-state index >= 15 is 0 Å². The molecule has 0 spiro atoms. The number of likely N-dealkylation sites (tertiary alicyclic amines) is 1. The lowest BCUT2D eigenvalue weighted by atomic mass is 9.93. The van der Waals surface area contributed by atoms with Gasteiger partial charge in [0.05, 0.1) is 12.6 Å². The van der Waals surface area contributed by atoms with E-state index in [0.29, 0.717) is 63.9 Å². The summed E-state index contributed by atoms with van der Waals surface area (Å²) in [5.74, 6) is -0.827. The second-order valence-electron chi connectivity index (χ2n) is 11.2. The van der Waals surface area contributed by atoms with Crippen LogP contribution in [0.3, 0.4) is 0 Å². The molecule has 2 aromatic rings. The van der Waals surface area contributed by atoms with Crippen LogP contribution in [0, 0.1) is 18.0 Å². The lowest BCUT2D eigenvalue weighted by molar-refractivity contribution is -0.614. The third-order valence-electron chi connectivity index (χ3n) is 8.09. The Hall–Kier alpha value is -3.26. The van der Waals surface area contributed by atoms with Gasteiger partial charge in [0.1, 0.15) is 0 Å². The van der Waals surface area contributed by atoms with Crippen molar-refractivity contribution in [2.45, 2.75) is 103 Å². The third-order valence-corrected chi connectivity index (χ3v) is 8.09. The lowest BCUT2D eigenvalue weighted by Gasteiger charge is -2.28. The highest BCUT2D eigenvalue weighted by atomic mass is 16.5. The van der Waals surface area contributed by atoms with Gasteiger partial charge in [-0.05, 0) is 56.6 Å². The number of aromatic nitrogens is 1. The number of unbranched alkanes of at least 4 members (excludes halogenated alkanes) is 3. The van der Waals surface area contributed by atoms with Crippen molar-refractivity contribution in [2.24, 2.45) is 11.7 Å². The van der Waals surface area contributed by atoms with Gasteiger partial charge in [-0.2, -0.15) is 4.73 Å². The number of nitrogens with zero attached hydrogens (tertiary/aromatic N) is 2. The largest absolute Gasteiger partial charge is 0.619 e. The van der Waals surface area contributed by atoms with E-state index in [1.807, 2.05) is 19.1 Å². The number of hydrogen-bond donors (Lipinski definition) is 1. The van der Waals surface area contributed by atoms with Gasteiger partial charge in [-0.15, -0.1) is 0 Å². The number of carbonyl (C=O) groups is 3. The van der Waals surface area contributed by atoms with Crippen molar-refractivity contribution in [2.75, 3.05) is 13.2 Å². The first kappa shape index (κ1) is 32.3. The number of pyridine rings is 1. The summed E-state index contributed by atoms with van der Waals surface area (Å²) in [7, 11) is 0. The van der Waals surface area contributed by atoms with Gasteiger partial charge in [0.25, 0.3) is 0 Å². The molecule has 1 amide bonds. The number of nitrogens with two attached hydrogens (primary N) is 1. The maximum atomic E-state index is 13.9. The fraction of sp³-hybridized carbons (Fsp3) is 0.576. The SMILES string of the molecule is CCCCCCOC(=O)CC[C@H](CCc1cccc[n+]1[O-])C(=O)N1CCC[C@H]1C(=O)CCc1cc(C)ccc1CN. The average Bonchev–Trinajstić information content (AvgIpc) is 3.47. The molecule has 0 radical (unpaired) electrons. The van der Waals surface area contributed by atoms with E-state index in [2.05, 4.69) is 13.0 Å². The van der Waals surface area contributed by atoms with Gasteiger partial charge in [-0.3, -0.25) is 14.4 Å². The molecule has 1 saturated heterocycles. The highest BCUT2D eigenvalue weighted by molar-refractivity contribution is 5.90. The summed E-state index contributed by atoms with van der Waals surface area (Å²) in [6.45, 7) is 5.50. The number of Topliss-reactive ketones (excluding diaryl/α,β-unsaturated/α-hetero) is 1.